The van der Waals surface area contributed by atoms with E-state index < -0.39 is 11.7 Å². The van der Waals surface area contributed by atoms with Gasteiger partial charge in [-0.1, -0.05) is 35.3 Å². The van der Waals surface area contributed by atoms with Crippen molar-refractivity contribution in [3.8, 4) is 11.1 Å². The molecule has 2 nitrogen and oxygen atoms in total. The van der Waals surface area contributed by atoms with Crippen LogP contribution in [0.4, 0.5) is 4.39 Å². The van der Waals surface area contributed by atoms with Gasteiger partial charge in [0.1, 0.15) is 5.82 Å². The van der Waals surface area contributed by atoms with Crippen LogP contribution in [0.5, 0.6) is 0 Å². The fourth-order valence-corrected chi connectivity index (χ4v) is 2.12. The van der Waals surface area contributed by atoms with E-state index in [1.807, 2.05) is 0 Å². The second kappa shape index (κ2) is 4.96. The number of halogens is 3. The summed E-state index contributed by atoms with van der Waals surface area (Å²) in [5, 5.41) is 0.922. The molecular weight excluding hydrogens is 276 g/mol. The van der Waals surface area contributed by atoms with Crippen LogP contribution < -0.4 is 5.73 Å². The van der Waals surface area contributed by atoms with Gasteiger partial charge in [0.25, 0.3) is 5.91 Å². The molecule has 0 aliphatic carbocycles. The number of carbonyl (C=O) groups is 1. The highest BCUT2D eigenvalue weighted by molar-refractivity contribution is 6.36. The first kappa shape index (κ1) is 12.9. The molecule has 92 valence electrons. The Hall–Kier alpha value is -1.58. The SMILES string of the molecule is NC(=O)c1cc(-c2ccc(Cl)cc2Cl)ccc1F. The van der Waals surface area contributed by atoms with Crippen molar-refractivity contribution in [3.05, 3.63) is 57.8 Å². The number of primary amides is 1. The van der Waals surface area contributed by atoms with Crippen LogP contribution in [0, 0.1) is 5.82 Å². The summed E-state index contributed by atoms with van der Waals surface area (Å²) in [6.45, 7) is 0. The zero-order chi connectivity index (χ0) is 13.3. The lowest BCUT2D eigenvalue weighted by molar-refractivity contribution is 0.0996. The zero-order valence-corrected chi connectivity index (χ0v) is 10.6. The molecule has 2 aromatic rings. The fraction of sp³-hybridized carbons (Fsp3) is 0. The summed E-state index contributed by atoms with van der Waals surface area (Å²) in [5.74, 6) is -1.48. The second-order valence-electron chi connectivity index (χ2n) is 3.68. The van der Waals surface area contributed by atoms with Crippen molar-refractivity contribution >= 4 is 29.1 Å². The number of amides is 1. The lowest BCUT2D eigenvalue weighted by Crippen LogP contribution is -2.13. The summed E-state index contributed by atoms with van der Waals surface area (Å²) in [7, 11) is 0. The quantitative estimate of drug-likeness (QED) is 0.893. The highest BCUT2D eigenvalue weighted by atomic mass is 35.5. The minimum Gasteiger partial charge on any atom is -0.366 e. The molecule has 0 unspecified atom stereocenters. The number of carbonyl (C=O) groups excluding carboxylic acids is 1. The summed E-state index contributed by atoms with van der Waals surface area (Å²) >= 11 is 11.8. The minimum atomic E-state index is -0.820. The highest BCUT2D eigenvalue weighted by Gasteiger charge is 2.11. The van der Waals surface area contributed by atoms with Gasteiger partial charge < -0.3 is 5.73 Å². The Morgan fingerprint density at radius 3 is 2.44 bits per heavy atom. The summed E-state index contributed by atoms with van der Waals surface area (Å²) in [6.07, 6.45) is 0. The van der Waals surface area contributed by atoms with Gasteiger partial charge in [0, 0.05) is 15.6 Å². The van der Waals surface area contributed by atoms with Crippen molar-refractivity contribution in [1.29, 1.82) is 0 Å². The van der Waals surface area contributed by atoms with Gasteiger partial charge in [0.05, 0.1) is 5.56 Å². The molecule has 2 N–H and O–H groups in total. The number of rotatable bonds is 2. The van der Waals surface area contributed by atoms with E-state index in [-0.39, 0.29) is 5.56 Å². The molecule has 0 aliphatic heterocycles. The van der Waals surface area contributed by atoms with E-state index in [1.165, 1.54) is 18.2 Å². The summed E-state index contributed by atoms with van der Waals surface area (Å²) in [4.78, 5) is 11.1. The van der Waals surface area contributed by atoms with Crippen LogP contribution in [0.3, 0.4) is 0 Å². The van der Waals surface area contributed by atoms with Crippen molar-refractivity contribution < 1.29 is 9.18 Å². The summed E-state index contributed by atoms with van der Waals surface area (Å²) < 4.78 is 13.3. The Morgan fingerprint density at radius 1 is 1.11 bits per heavy atom. The maximum Gasteiger partial charge on any atom is 0.251 e. The first-order chi connectivity index (χ1) is 8.49. The molecule has 5 heteroatoms. The predicted octanol–water partition coefficient (Wildman–Crippen LogP) is 3.90. The first-order valence-corrected chi connectivity index (χ1v) is 5.79. The van der Waals surface area contributed by atoms with Gasteiger partial charge in [-0.05, 0) is 29.8 Å². The molecule has 0 aliphatic rings. The number of hydrogen-bond acceptors (Lipinski definition) is 1. The molecule has 0 fully saturated rings. The standard InChI is InChI=1S/C13H8Cl2FNO/c14-8-2-3-9(11(15)6-8)7-1-4-12(16)10(5-7)13(17)18/h1-6H,(H2,17,18). The Bertz CT molecular complexity index is 628. The lowest BCUT2D eigenvalue weighted by Gasteiger charge is -2.07. The van der Waals surface area contributed by atoms with Crippen LogP contribution in [0.2, 0.25) is 10.0 Å². The first-order valence-electron chi connectivity index (χ1n) is 5.04. The van der Waals surface area contributed by atoms with Crippen LogP contribution in [0.1, 0.15) is 10.4 Å². The van der Waals surface area contributed by atoms with E-state index in [1.54, 1.807) is 18.2 Å². The maximum absolute atomic E-state index is 13.3. The molecule has 1 amide bonds. The largest absolute Gasteiger partial charge is 0.366 e. The van der Waals surface area contributed by atoms with E-state index in [0.29, 0.717) is 21.2 Å². The smallest absolute Gasteiger partial charge is 0.251 e. The van der Waals surface area contributed by atoms with Gasteiger partial charge in [-0.25, -0.2) is 4.39 Å². The second-order valence-corrected chi connectivity index (χ2v) is 4.53. The van der Waals surface area contributed by atoms with Crippen LogP contribution in [0.25, 0.3) is 11.1 Å². The predicted molar refractivity (Wildman–Crippen MR) is 70.4 cm³/mol. The van der Waals surface area contributed by atoms with Crippen LogP contribution in [-0.2, 0) is 0 Å². The fourth-order valence-electron chi connectivity index (χ4n) is 1.61. The Kier molecular flexibility index (Phi) is 3.55. The third-order valence-corrected chi connectivity index (χ3v) is 3.02. The van der Waals surface area contributed by atoms with Gasteiger partial charge in [-0.2, -0.15) is 0 Å². The Labute approximate surface area is 113 Å². The van der Waals surface area contributed by atoms with Crippen molar-refractivity contribution in [2.45, 2.75) is 0 Å². The number of nitrogens with two attached hydrogens (primary N) is 1. The number of benzene rings is 2. The molecule has 0 spiro atoms. The van der Waals surface area contributed by atoms with E-state index in [2.05, 4.69) is 0 Å². The molecule has 2 aromatic carbocycles. The van der Waals surface area contributed by atoms with Gasteiger partial charge in [0.2, 0.25) is 0 Å². The molecule has 0 bridgehead atoms. The van der Waals surface area contributed by atoms with Crippen LogP contribution in [-0.4, -0.2) is 5.91 Å². The molecule has 18 heavy (non-hydrogen) atoms. The van der Waals surface area contributed by atoms with Gasteiger partial charge in [-0.3, -0.25) is 4.79 Å². The summed E-state index contributed by atoms with van der Waals surface area (Å²) in [6, 6.07) is 9.01. The maximum atomic E-state index is 13.3. The van der Waals surface area contributed by atoms with E-state index in [9.17, 15) is 9.18 Å². The molecule has 0 atom stereocenters. The molecule has 0 aromatic heterocycles. The lowest BCUT2D eigenvalue weighted by atomic mass is 10.0. The third kappa shape index (κ3) is 2.47. The number of hydrogen-bond donors (Lipinski definition) is 1. The minimum absolute atomic E-state index is 0.168. The molecular formula is C13H8Cl2FNO. The average Bonchev–Trinajstić information content (AvgIpc) is 2.30. The van der Waals surface area contributed by atoms with Crippen molar-refractivity contribution in [3.63, 3.8) is 0 Å². The Morgan fingerprint density at radius 2 is 1.83 bits per heavy atom. The third-order valence-electron chi connectivity index (χ3n) is 2.47. The van der Waals surface area contributed by atoms with Crippen molar-refractivity contribution in [1.82, 2.24) is 0 Å². The van der Waals surface area contributed by atoms with Crippen LogP contribution >= 0.6 is 23.2 Å². The summed E-state index contributed by atoms with van der Waals surface area (Å²) in [5.41, 5.74) is 6.18. The molecule has 0 radical (unpaired) electrons. The van der Waals surface area contributed by atoms with E-state index >= 15 is 0 Å². The highest BCUT2D eigenvalue weighted by Crippen LogP contribution is 2.31. The zero-order valence-electron chi connectivity index (χ0n) is 9.08. The van der Waals surface area contributed by atoms with Gasteiger partial charge >= 0.3 is 0 Å². The van der Waals surface area contributed by atoms with Crippen molar-refractivity contribution in [2.24, 2.45) is 5.73 Å². The molecule has 0 heterocycles. The van der Waals surface area contributed by atoms with Gasteiger partial charge in [-0.15, -0.1) is 0 Å². The molecule has 0 saturated heterocycles. The molecule has 0 saturated carbocycles. The van der Waals surface area contributed by atoms with Gasteiger partial charge in [0.15, 0.2) is 0 Å². The van der Waals surface area contributed by atoms with E-state index in [0.717, 1.165) is 0 Å². The molecule has 2 rings (SSSR count). The van der Waals surface area contributed by atoms with E-state index in [4.69, 9.17) is 28.9 Å². The Balaban J connectivity index is 2.58. The van der Waals surface area contributed by atoms with Crippen LogP contribution in [0.15, 0.2) is 36.4 Å². The topological polar surface area (TPSA) is 43.1 Å². The monoisotopic (exact) mass is 283 g/mol. The average molecular weight is 284 g/mol. The van der Waals surface area contributed by atoms with Crippen molar-refractivity contribution in [2.75, 3.05) is 0 Å². The normalized spacial score (nSPS) is 10.4.